The summed E-state index contributed by atoms with van der Waals surface area (Å²) in [5.74, 6) is 0.746. The fraction of sp³-hybridized carbons (Fsp3) is 0.833. The first-order valence-corrected chi connectivity index (χ1v) is 7.04. The van der Waals surface area contributed by atoms with Crippen molar-refractivity contribution in [3.63, 3.8) is 0 Å². The Labute approximate surface area is 103 Å². The topological polar surface area (TPSA) is 37.8 Å². The Bertz CT molecular complexity index is 298. The number of aryl methyl sites for hydroxylation is 1. The number of rotatable bonds is 7. The zero-order valence-electron chi connectivity index (χ0n) is 10.8. The van der Waals surface area contributed by atoms with Crippen LogP contribution in [0.1, 0.15) is 57.1 Å². The van der Waals surface area contributed by atoms with Gasteiger partial charge in [-0.1, -0.05) is 38.6 Å². The summed E-state index contributed by atoms with van der Waals surface area (Å²) < 4.78 is 4.08. The van der Waals surface area contributed by atoms with Gasteiger partial charge in [0.2, 0.25) is 0 Å². The molecule has 0 aliphatic heterocycles. The smallest absolute Gasteiger partial charge is 0.0800 e. The minimum Gasteiger partial charge on any atom is -0.309 e. The molecule has 16 heavy (non-hydrogen) atoms. The van der Waals surface area contributed by atoms with E-state index in [1.54, 1.807) is 11.5 Å². The highest BCUT2D eigenvalue weighted by Gasteiger charge is 2.19. The van der Waals surface area contributed by atoms with E-state index >= 15 is 0 Å². The van der Waals surface area contributed by atoms with Crippen LogP contribution in [0.4, 0.5) is 0 Å². The molecule has 3 nitrogen and oxygen atoms in total. The lowest BCUT2D eigenvalue weighted by molar-refractivity contribution is 0.410. The molecule has 1 aromatic heterocycles. The van der Waals surface area contributed by atoms with Crippen molar-refractivity contribution in [2.75, 3.05) is 6.54 Å². The summed E-state index contributed by atoms with van der Waals surface area (Å²) in [7, 11) is 0. The van der Waals surface area contributed by atoms with Crippen molar-refractivity contribution < 1.29 is 0 Å². The lowest BCUT2D eigenvalue weighted by atomic mass is 9.97. The number of hydrogen-bond donors (Lipinski definition) is 1. The second kappa shape index (κ2) is 6.97. The fourth-order valence-corrected chi connectivity index (χ4v) is 2.65. The van der Waals surface area contributed by atoms with Crippen LogP contribution in [0, 0.1) is 5.92 Å². The fourth-order valence-electron chi connectivity index (χ4n) is 1.82. The first-order valence-electron chi connectivity index (χ1n) is 6.27. The summed E-state index contributed by atoms with van der Waals surface area (Å²) in [4.78, 5) is 1.34. The molecule has 92 valence electrons. The van der Waals surface area contributed by atoms with Crippen molar-refractivity contribution in [3.8, 4) is 0 Å². The second-order valence-electron chi connectivity index (χ2n) is 4.30. The maximum atomic E-state index is 4.20. The molecular formula is C12H23N3S. The third-order valence-electron chi connectivity index (χ3n) is 3.02. The zero-order chi connectivity index (χ0) is 12.0. The Kier molecular flexibility index (Phi) is 5.91. The molecule has 0 bridgehead atoms. The number of hydrogen-bond acceptors (Lipinski definition) is 4. The first-order chi connectivity index (χ1) is 7.72. The molecule has 1 aromatic rings. The van der Waals surface area contributed by atoms with Gasteiger partial charge in [-0.3, -0.25) is 0 Å². The molecule has 0 aliphatic carbocycles. The lowest BCUT2D eigenvalue weighted by Crippen LogP contribution is -2.23. The number of nitrogens with one attached hydrogen (secondary N) is 1. The first kappa shape index (κ1) is 13.6. The third-order valence-corrected chi connectivity index (χ3v) is 3.90. The normalized spacial score (nSPS) is 15.0. The van der Waals surface area contributed by atoms with Gasteiger partial charge in [0, 0.05) is 6.04 Å². The summed E-state index contributed by atoms with van der Waals surface area (Å²) in [5.41, 5.74) is 1.17. The van der Waals surface area contributed by atoms with Gasteiger partial charge < -0.3 is 5.32 Å². The highest BCUT2D eigenvalue weighted by Crippen LogP contribution is 2.27. The van der Waals surface area contributed by atoms with Crippen LogP contribution in [0.15, 0.2) is 0 Å². The van der Waals surface area contributed by atoms with E-state index < -0.39 is 0 Å². The molecule has 2 atom stereocenters. The van der Waals surface area contributed by atoms with Gasteiger partial charge in [-0.15, -0.1) is 5.10 Å². The predicted molar refractivity (Wildman–Crippen MR) is 69.8 cm³/mol. The summed E-state index contributed by atoms with van der Waals surface area (Å²) in [6.45, 7) is 9.86. The van der Waals surface area contributed by atoms with Crippen LogP contribution in [0.5, 0.6) is 0 Å². The van der Waals surface area contributed by atoms with Crippen molar-refractivity contribution in [3.05, 3.63) is 10.6 Å². The van der Waals surface area contributed by atoms with E-state index in [4.69, 9.17) is 0 Å². The van der Waals surface area contributed by atoms with Crippen LogP contribution >= 0.6 is 11.5 Å². The van der Waals surface area contributed by atoms with Gasteiger partial charge in [-0.2, -0.15) is 0 Å². The number of nitrogens with zero attached hydrogens (tertiary/aromatic N) is 2. The van der Waals surface area contributed by atoms with Crippen LogP contribution in [0.2, 0.25) is 0 Å². The summed E-state index contributed by atoms with van der Waals surface area (Å²) >= 11 is 1.55. The monoisotopic (exact) mass is 241 g/mol. The minimum atomic E-state index is 0.440. The maximum Gasteiger partial charge on any atom is 0.0800 e. The lowest BCUT2D eigenvalue weighted by Gasteiger charge is -2.20. The van der Waals surface area contributed by atoms with Crippen molar-refractivity contribution in [2.45, 2.75) is 53.0 Å². The maximum absolute atomic E-state index is 4.20. The van der Waals surface area contributed by atoms with Crippen molar-refractivity contribution in [2.24, 2.45) is 5.92 Å². The highest BCUT2D eigenvalue weighted by molar-refractivity contribution is 7.05. The van der Waals surface area contributed by atoms with Gasteiger partial charge in [0.05, 0.1) is 10.6 Å². The Hall–Kier alpha value is -0.480. The van der Waals surface area contributed by atoms with Crippen molar-refractivity contribution in [1.29, 1.82) is 0 Å². The van der Waals surface area contributed by atoms with Crippen LogP contribution in [-0.4, -0.2) is 16.1 Å². The van der Waals surface area contributed by atoms with E-state index in [-0.39, 0.29) is 0 Å². The average Bonchev–Trinajstić information content (AvgIpc) is 2.76. The quantitative estimate of drug-likeness (QED) is 0.796. The molecule has 1 heterocycles. The molecule has 1 rings (SSSR count). The average molecular weight is 241 g/mol. The largest absolute Gasteiger partial charge is 0.309 e. The van der Waals surface area contributed by atoms with E-state index in [1.807, 2.05) is 0 Å². The van der Waals surface area contributed by atoms with Crippen LogP contribution in [-0.2, 0) is 6.42 Å². The van der Waals surface area contributed by atoms with Crippen LogP contribution in [0.3, 0.4) is 0 Å². The van der Waals surface area contributed by atoms with Crippen LogP contribution in [0.25, 0.3) is 0 Å². The van der Waals surface area contributed by atoms with E-state index in [0.29, 0.717) is 6.04 Å². The third kappa shape index (κ3) is 3.52. The molecule has 0 saturated heterocycles. The molecule has 0 amide bonds. The summed E-state index contributed by atoms with van der Waals surface area (Å²) in [6.07, 6.45) is 3.39. The Balaban J connectivity index is 2.76. The molecule has 1 N–H and O–H groups in total. The van der Waals surface area contributed by atoms with Gasteiger partial charge in [0.25, 0.3) is 0 Å². The molecule has 0 saturated carbocycles. The molecule has 2 unspecified atom stereocenters. The van der Waals surface area contributed by atoms with Gasteiger partial charge in [0.1, 0.15) is 0 Å². The molecule has 0 fully saturated rings. The molecule has 0 spiro atoms. The van der Waals surface area contributed by atoms with E-state index in [9.17, 15) is 0 Å². The molecule has 4 heteroatoms. The Morgan fingerprint density at radius 1 is 1.31 bits per heavy atom. The highest BCUT2D eigenvalue weighted by atomic mass is 32.1. The number of aromatic nitrogens is 2. The molecule has 0 radical (unpaired) electrons. The van der Waals surface area contributed by atoms with E-state index in [1.165, 1.54) is 23.4 Å². The van der Waals surface area contributed by atoms with Gasteiger partial charge >= 0.3 is 0 Å². The molecular weight excluding hydrogens is 218 g/mol. The van der Waals surface area contributed by atoms with Gasteiger partial charge in [-0.25, -0.2) is 0 Å². The van der Waals surface area contributed by atoms with Crippen molar-refractivity contribution in [1.82, 2.24) is 14.9 Å². The minimum absolute atomic E-state index is 0.440. The SMILES string of the molecule is CCNC(CC(C)CC)c1snnc1CC. The Morgan fingerprint density at radius 3 is 2.62 bits per heavy atom. The molecule has 0 aromatic carbocycles. The van der Waals surface area contributed by atoms with E-state index in [2.05, 4.69) is 42.6 Å². The Morgan fingerprint density at radius 2 is 2.06 bits per heavy atom. The predicted octanol–water partition coefficient (Wildman–Crippen LogP) is 3.19. The van der Waals surface area contributed by atoms with E-state index in [0.717, 1.165) is 18.9 Å². The molecule has 0 aliphatic rings. The van der Waals surface area contributed by atoms with Gasteiger partial charge in [0.15, 0.2) is 0 Å². The van der Waals surface area contributed by atoms with Crippen molar-refractivity contribution >= 4 is 11.5 Å². The summed E-state index contributed by atoms with van der Waals surface area (Å²) in [5, 5.41) is 7.75. The van der Waals surface area contributed by atoms with Gasteiger partial charge in [-0.05, 0) is 36.8 Å². The summed E-state index contributed by atoms with van der Waals surface area (Å²) in [6, 6.07) is 0.440. The van der Waals surface area contributed by atoms with Crippen LogP contribution < -0.4 is 5.32 Å². The standard InChI is InChI=1S/C12H23N3S/c1-5-9(4)8-11(13-7-3)12-10(6-2)14-15-16-12/h9,11,13H,5-8H2,1-4H3. The zero-order valence-corrected chi connectivity index (χ0v) is 11.6. The second-order valence-corrected chi connectivity index (χ2v) is 5.08.